The number of carbonyl (C=O) groups excluding carboxylic acids is 2. The Morgan fingerprint density at radius 2 is 1.77 bits per heavy atom. The van der Waals surface area contributed by atoms with Gasteiger partial charge in [0.05, 0.1) is 31.6 Å². The van der Waals surface area contributed by atoms with Crippen LogP contribution in [-0.2, 0) is 22.4 Å². The first-order chi connectivity index (χ1) is 18.8. The number of amides is 2. The molecule has 1 heterocycles. The number of H-pyrrole nitrogens is 1. The molecule has 214 valence electrons. The van der Waals surface area contributed by atoms with Gasteiger partial charge in [-0.05, 0) is 55.2 Å². The van der Waals surface area contributed by atoms with Crippen molar-refractivity contribution < 1.29 is 24.5 Å². The van der Waals surface area contributed by atoms with Crippen LogP contribution >= 0.6 is 0 Å². The number of carbonyl (C=O) groups is 2. The third kappa shape index (κ3) is 8.52. The van der Waals surface area contributed by atoms with Crippen LogP contribution in [0.15, 0.2) is 36.8 Å². The first-order valence-electron chi connectivity index (χ1n) is 14.2. The molecule has 5 atom stereocenters. The molecule has 2 saturated carbocycles. The zero-order chi connectivity index (χ0) is 27.8. The van der Waals surface area contributed by atoms with E-state index in [-0.39, 0.29) is 12.3 Å². The number of nitrogens with two attached hydrogens (primary N) is 1. The van der Waals surface area contributed by atoms with Crippen molar-refractivity contribution in [3.05, 3.63) is 48.0 Å². The number of aromatic amines is 1. The van der Waals surface area contributed by atoms with Crippen molar-refractivity contribution in [2.45, 2.75) is 94.5 Å². The summed E-state index contributed by atoms with van der Waals surface area (Å²) in [6.07, 6.45) is 9.59. The summed E-state index contributed by atoms with van der Waals surface area (Å²) >= 11 is 0. The second kappa shape index (κ2) is 13.9. The molecule has 7 N–H and O–H groups in total. The van der Waals surface area contributed by atoms with Gasteiger partial charge in [0.25, 0.3) is 0 Å². The van der Waals surface area contributed by atoms with Gasteiger partial charge >= 0.3 is 0 Å². The SMILES string of the molecule is COc1ccc(C[C@H](N)C(=O)N[C@@H](Cc2cnc[nH]2)C(=O)N[C@@H](CC2CCCCC2)[C@@H](O)[C@@H](O)C2CC2)cc1. The summed E-state index contributed by atoms with van der Waals surface area (Å²) in [6, 6.07) is 4.91. The first kappa shape index (κ1) is 29.0. The fraction of sp³-hybridized carbons (Fsp3) is 0.621. The summed E-state index contributed by atoms with van der Waals surface area (Å²) in [4.78, 5) is 33.7. The lowest BCUT2D eigenvalue weighted by atomic mass is 9.82. The van der Waals surface area contributed by atoms with Gasteiger partial charge in [0, 0.05) is 18.3 Å². The minimum Gasteiger partial charge on any atom is -0.497 e. The highest BCUT2D eigenvalue weighted by Crippen LogP contribution is 2.36. The molecule has 2 fully saturated rings. The van der Waals surface area contributed by atoms with Crippen LogP contribution < -0.4 is 21.1 Å². The summed E-state index contributed by atoms with van der Waals surface area (Å²) in [6.45, 7) is 0. The second-order valence-corrected chi connectivity index (χ2v) is 11.2. The van der Waals surface area contributed by atoms with E-state index in [1.807, 2.05) is 24.3 Å². The summed E-state index contributed by atoms with van der Waals surface area (Å²) in [5, 5.41) is 27.6. The topological polar surface area (TPSA) is 163 Å². The molecule has 1 aromatic heterocycles. The highest BCUT2D eigenvalue weighted by atomic mass is 16.5. The molecule has 0 aliphatic heterocycles. The van der Waals surface area contributed by atoms with E-state index in [4.69, 9.17) is 10.5 Å². The van der Waals surface area contributed by atoms with E-state index in [1.165, 1.54) is 12.7 Å². The van der Waals surface area contributed by atoms with Gasteiger partial charge in [-0.15, -0.1) is 0 Å². The molecular weight excluding hydrogens is 498 g/mol. The van der Waals surface area contributed by atoms with E-state index in [1.54, 1.807) is 13.3 Å². The summed E-state index contributed by atoms with van der Waals surface area (Å²) in [5.41, 5.74) is 7.78. The number of methoxy groups -OCH3 is 1. The van der Waals surface area contributed by atoms with Gasteiger partial charge < -0.3 is 36.3 Å². The average Bonchev–Trinajstić information content (AvgIpc) is 3.68. The second-order valence-electron chi connectivity index (χ2n) is 11.2. The Bertz CT molecular complexity index is 1040. The zero-order valence-corrected chi connectivity index (χ0v) is 22.7. The van der Waals surface area contributed by atoms with Crippen LogP contribution in [0, 0.1) is 11.8 Å². The summed E-state index contributed by atoms with van der Waals surface area (Å²) in [5.74, 6) is 0.293. The molecule has 2 aliphatic carbocycles. The maximum atomic E-state index is 13.6. The van der Waals surface area contributed by atoms with Crippen LogP contribution in [0.2, 0.25) is 0 Å². The zero-order valence-electron chi connectivity index (χ0n) is 22.7. The van der Waals surface area contributed by atoms with Crippen LogP contribution in [0.4, 0.5) is 0 Å². The fourth-order valence-corrected chi connectivity index (χ4v) is 5.52. The van der Waals surface area contributed by atoms with Gasteiger partial charge in [-0.2, -0.15) is 0 Å². The molecule has 2 amide bonds. The third-order valence-electron chi connectivity index (χ3n) is 8.07. The molecule has 10 heteroatoms. The number of rotatable bonds is 14. The number of imidazole rings is 1. The number of hydrogen-bond acceptors (Lipinski definition) is 7. The van der Waals surface area contributed by atoms with E-state index in [0.29, 0.717) is 30.2 Å². The largest absolute Gasteiger partial charge is 0.497 e. The minimum absolute atomic E-state index is 0.0715. The molecular formula is C29H43N5O5. The number of aliphatic hydroxyl groups is 2. The molecule has 0 saturated heterocycles. The lowest BCUT2D eigenvalue weighted by molar-refractivity contribution is -0.131. The van der Waals surface area contributed by atoms with Gasteiger partial charge in [0.2, 0.25) is 11.8 Å². The Balaban J connectivity index is 1.44. The lowest BCUT2D eigenvalue weighted by Crippen LogP contribution is -2.57. The Kier molecular flexibility index (Phi) is 10.4. The molecule has 0 radical (unpaired) electrons. The molecule has 2 aromatic rings. The average molecular weight is 542 g/mol. The van der Waals surface area contributed by atoms with Crippen LogP contribution in [-0.4, -0.2) is 69.4 Å². The van der Waals surface area contributed by atoms with Gasteiger partial charge in [-0.25, -0.2) is 4.98 Å². The summed E-state index contributed by atoms with van der Waals surface area (Å²) < 4.78 is 5.18. The standard InChI is InChI=1S/C29H43N5O5/c1-39-22-11-7-19(8-12-22)13-23(30)28(37)34-25(15-21-16-31-17-32-21)29(38)33-24(14-18-5-3-2-4-6-18)27(36)26(35)20-9-10-20/h7-8,11-12,16-18,20,23-27,35-36H,2-6,9-10,13-15,30H2,1H3,(H,31,32)(H,33,38)(H,34,37)/t23-,24-,25-,26-,27+/m0/s1. The lowest BCUT2D eigenvalue weighted by Gasteiger charge is -2.33. The fourth-order valence-electron chi connectivity index (χ4n) is 5.52. The van der Waals surface area contributed by atoms with Crippen molar-refractivity contribution in [1.29, 1.82) is 0 Å². The molecule has 0 spiro atoms. The van der Waals surface area contributed by atoms with Crippen molar-refractivity contribution >= 4 is 11.8 Å². The number of nitrogens with one attached hydrogen (secondary N) is 3. The molecule has 2 aliphatic rings. The predicted octanol–water partition coefficient (Wildman–Crippen LogP) is 1.60. The molecule has 0 bridgehead atoms. The van der Waals surface area contributed by atoms with Crippen molar-refractivity contribution in [2.75, 3.05) is 7.11 Å². The number of aromatic nitrogens is 2. The number of aliphatic hydroxyl groups excluding tert-OH is 2. The molecule has 10 nitrogen and oxygen atoms in total. The van der Waals surface area contributed by atoms with Gasteiger partial charge in [-0.3, -0.25) is 9.59 Å². The number of nitrogens with zero attached hydrogens (tertiary/aromatic N) is 1. The predicted molar refractivity (Wildman–Crippen MR) is 147 cm³/mol. The quantitative estimate of drug-likeness (QED) is 0.212. The molecule has 0 unspecified atom stereocenters. The van der Waals surface area contributed by atoms with Crippen molar-refractivity contribution in [3.63, 3.8) is 0 Å². The van der Waals surface area contributed by atoms with Gasteiger partial charge in [0.15, 0.2) is 0 Å². The number of hydrogen-bond donors (Lipinski definition) is 6. The first-order valence-corrected chi connectivity index (χ1v) is 14.2. The van der Waals surface area contributed by atoms with Crippen LogP contribution in [0.5, 0.6) is 5.75 Å². The van der Waals surface area contributed by atoms with Crippen LogP contribution in [0.3, 0.4) is 0 Å². The van der Waals surface area contributed by atoms with E-state index in [2.05, 4.69) is 20.6 Å². The number of ether oxygens (including phenoxy) is 1. The van der Waals surface area contributed by atoms with Gasteiger partial charge in [-0.1, -0.05) is 44.2 Å². The Labute approximate surface area is 230 Å². The van der Waals surface area contributed by atoms with Crippen molar-refractivity contribution in [2.24, 2.45) is 17.6 Å². The maximum Gasteiger partial charge on any atom is 0.243 e. The van der Waals surface area contributed by atoms with Gasteiger partial charge in [0.1, 0.15) is 17.9 Å². The van der Waals surface area contributed by atoms with E-state index in [9.17, 15) is 19.8 Å². The van der Waals surface area contributed by atoms with Crippen molar-refractivity contribution in [3.8, 4) is 5.75 Å². The highest BCUT2D eigenvalue weighted by molar-refractivity contribution is 5.90. The normalized spacial score (nSPS) is 19.9. The minimum atomic E-state index is -1.07. The van der Waals surface area contributed by atoms with E-state index < -0.39 is 42.1 Å². The van der Waals surface area contributed by atoms with Crippen molar-refractivity contribution in [1.82, 2.24) is 20.6 Å². The van der Waals surface area contributed by atoms with E-state index >= 15 is 0 Å². The highest BCUT2D eigenvalue weighted by Gasteiger charge is 2.40. The Morgan fingerprint density at radius 3 is 2.38 bits per heavy atom. The Morgan fingerprint density at radius 1 is 1.05 bits per heavy atom. The van der Waals surface area contributed by atoms with Crippen LogP contribution in [0.1, 0.15) is 62.6 Å². The molecule has 39 heavy (non-hydrogen) atoms. The number of benzene rings is 1. The molecule has 1 aromatic carbocycles. The third-order valence-corrected chi connectivity index (χ3v) is 8.07. The summed E-state index contributed by atoms with van der Waals surface area (Å²) in [7, 11) is 1.59. The Hall–Kier alpha value is -2.95. The van der Waals surface area contributed by atoms with E-state index in [0.717, 1.165) is 44.1 Å². The molecule has 4 rings (SSSR count). The van der Waals surface area contributed by atoms with Crippen LogP contribution in [0.25, 0.3) is 0 Å². The monoisotopic (exact) mass is 541 g/mol. The maximum absolute atomic E-state index is 13.6. The smallest absolute Gasteiger partial charge is 0.243 e.